The van der Waals surface area contributed by atoms with Crippen molar-refractivity contribution in [2.75, 3.05) is 23.7 Å². The minimum Gasteiger partial charge on any atom is -0.391 e. The Labute approximate surface area is 129 Å². The zero-order valence-corrected chi connectivity index (χ0v) is 13.3. The molecule has 1 unspecified atom stereocenters. The molecular weight excluding hydrogens is 282 g/mol. The van der Waals surface area contributed by atoms with Gasteiger partial charge in [0, 0.05) is 29.7 Å². The fraction of sp³-hybridized carbons (Fsp3) is 0.438. The van der Waals surface area contributed by atoms with Gasteiger partial charge in [0.25, 0.3) is 0 Å². The topological polar surface area (TPSA) is 41.3 Å². The molecule has 4 nitrogen and oxygen atoms in total. The van der Waals surface area contributed by atoms with E-state index in [1.807, 2.05) is 41.6 Å². The Morgan fingerprint density at radius 2 is 2.10 bits per heavy atom. The molecule has 2 aromatic rings. The maximum atomic E-state index is 9.77. The quantitative estimate of drug-likeness (QED) is 0.946. The van der Waals surface area contributed by atoms with Crippen molar-refractivity contribution in [2.45, 2.75) is 25.7 Å². The molecule has 0 amide bonds. The Hall–Kier alpha value is -1.46. The zero-order chi connectivity index (χ0) is 14.8. The second-order valence-electron chi connectivity index (χ2n) is 5.42. The van der Waals surface area contributed by atoms with Crippen LogP contribution in [0.15, 0.2) is 30.3 Å². The van der Waals surface area contributed by atoms with E-state index < -0.39 is 0 Å². The highest BCUT2D eigenvalue weighted by Gasteiger charge is 2.25. The number of aliphatic hydroxyl groups excluding tert-OH is 1. The molecule has 0 aliphatic carbocycles. The zero-order valence-electron chi connectivity index (χ0n) is 12.5. The van der Waals surface area contributed by atoms with Crippen LogP contribution >= 0.6 is 11.8 Å². The lowest BCUT2D eigenvalue weighted by Crippen LogP contribution is -2.38. The molecular formula is C16H21N3OS. The Morgan fingerprint density at radius 1 is 1.33 bits per heavy atom. The van der Waals surface area contributed by atoms with E-state index in [0.717, 1.165) is 41.6 Å². The average Bonchev–Trinajstić information content (AvgIpc) is 2.85. The summed E-state index contributed by atoms with van der Waals surface area (Å²) in [5.74, 6) is 2.17. The van der Waals surface area contributed by atoms with Crippen molar-refractivity contribution in [3.05, 3.63) is 41.6 Å². The Bertz CT molecular complexity index is 611. The maximum Gasteiger partial charge on any atom is 0.138 e. The Balaban J connectivity index is 2.08. The number of para-hydroxylation sites is 1. The van der Waals surface area contributed by atoms with E-state index >= 15 is 0 Å². The number of aromatic nitrogens is 2. The van der Waals surface area contributed by atoms with Gasteiger partial charge in [-0.05, 0) is 19.1 Å². The third kappa shape index (κ3) is 2.80. The number of hydrogen-bond donors (Lipinski definition) is 1. The number of nitrogens with zero attached hydrogens (tertiary/aromatic N) is 3. The fourth-order valence-electron chi connectivity index (χ4n) is 2.82. The van der Waals surface area contributed by atoms with Crippen molar-refractivity contribution < 1.29 is 5.11 Å². The summed E-state index contributed by atoms with van der Waals surface area (Å²) < 4.78 is 1.98. The third-order valence-electron chi connectivity index (χ3n) is 3.86. The van der Waals surface area contributed by atoms with E-state index in [1.54, 1.807) is 0 Å². The van der Waals surface area contributed by atoms with Crippen molar-refractivity contribution in [3.8, 4) is 5.69 Å². The largest absolute Gasteiger partial charge is 0.391 e. The van der Waals surface area contributed by atoms with Crippen LogP contribution in [0.1, 0.15) is 18.2 Å². The molecule has 2 heterocycles. The molecule has 1 N–H and O–H groups in total. The summed E-state index contributed by atoms with van der Waals surface area (Å²) in [6.45, 7) is 6.25. The van der Waals surface area contributed by atoms with Crippen molar-refractivity contribution in [3.63, 3.8) is 0 Å². The molecule has 21 heavy (non-hydrogen) atoms. The Kier molecular flexibility index (Phi) is 4.22. The molecule has 0 saturated carbocycles. The van der Waals surface area contributed by atoms with E-state index in [-0.39, 0.29) is 6.61 Å². The number of aryl methyl sites for hydroxylation is 1. The van der Waals surface area contributed by atoms with Crippen LogP contribution in [-0.4, -0.2) is 39.0 Å². The van der Waals surface area contributed by atoms with Crippen LogP contribution in [0.3, 0.4) is 0 Å². The lowest BCUT2D eigenvalue weighted by atomic mass is 10.2. The average molecular weight is 303 g/mol. The highest BCUT2D eigenvalue weighted by atomic mass is 32.2. The summed E-state index contributed by atoms with van der Waals surface area (Å²) in [6, 6.07) is 10.2. The van der Waals surface area contributed by atoms with Crippen LogP contribution in [0.4, 0.5) is 5.82 Å². The summed E-state index contributed by atoms with van der Waals surface area (Å²) in [5.41, 5.74) is 2.89. The van der Waals surface area contributed by atoms with Gasteiger partial charge in [-0.3, -0.25) is 0 Å². The van der Waals surface area contributed by atoms with E-state index in [4.69, 9.17) is 0 Å². The van der Waals surface area contributed by atoms with Gasteiger partial charge in [-0.15, -0.1) is 0 Å². The standard InChI is InChI=1S/C16H21N3OS/c1-12-10-18(8-9-21-12)16-15(11-20)13(2)17-19(16)14-6-4-3-5-7-14/h3-7,12,20H,8-11H2,1-2H3. The van der Waals surface area contributed by atoms with Crippen molar-refractivity contribution in [2.24, 2.45) is 0 Å². The number of benzene rings is 1. The van der Waals surface area contributed by atoms with Gasteiger partial charge in [0.1, 0.15) is 5.82 Å². The Morgan fingerprint density at radius 3 is 2.76 bits per heavy atom. The van der Waals surface area contributed by atoms with Gasteiger partial charge in [-0.25, -0.2) is 4.68 Å². The fourth-order valence-corrected chi connectivity index (χ4v) is 3.83. The molecule has 1 aliphatic heterocycles. The molecule has 1 fully saturated rings. The number of hydrogen-bond acceptors (Lipinski definition) is 4. The monoisotopic (exact) mass is 303 g/mol. The van der Waals surface area contributed by atoms with Crippen molar-refractivity contribution in [1.29, 1.82) is 0 Å². The van der Waals surface area contributed by atoms with Crippen molar-refractivity contribution in [1.82, 2.24) is 9.78 Å². The number of anilines is 1. The molecule has 1 aromatic heterocycles. The van der Waals surface area contributed by atoms with Gasteiger partial charge in [0.05, 0.1) is 18.0 Å². The van der Waals surface area contributed by atoms with Gasteiger partial charge in [0.2, 0.25) is 0 Å². The summed E-state index contributed by atoms with van der Waals surface area (Å²) in [6.07, 6.45) is 0. The second kappa shape index (κ2) is 6.12. The van der Waals surface area contributed by atoms with Gasteiger partial charge < -0.3 is 10.0 Å². The van der Waals surface area contributed by atoms with Crippen LogP contribution in [-0.2, 0) is 6.61 Å². The maximum absolute atomic E-state index is 9.77. The number of rotatable bonds is 3. The van der Waals surface area contributed by atoms with Gasteiger partial charge in [-0.1, -0.05) is 25.1 Å². The highest BCUT2D eigenvalue weighted by Crippen LogP contribution is 2.31. The smallest absolute Gasteiger partial charge is 0.138 e. The van der Waals surface area contributed by atoms with E-state index in [1.165, 1.54) is 0 Å². The van der Waals surface area contributed by atoms with Gasteiger partial charge in [0.15, 0.2) is 0 Å². The second-order valence-corrected chi connectivity index (χ2v) is 6.97. The molecule has 5 heteroatoms. The third-order valence-corrected chi connectivity index (χ3v) is 4.99. The molecule has 1 aliphatic rings. The van der Waals surface area contributed by atoms with Crippen LogP contribution in [0.2, 0.25) is 0 Å². The lowest BCUT2D eigenvalue weighted by Gasteiger charge is -2.33. The summed E-state index contributed by atoms with van der Waals surface area (Å²) in [5, 5.41) is 15.0. The molecule has 0 radical (unpaired) electrons. The minimum absolute atomic E-state index is 0.0338. The summed E-state index contributed by atoms with van der Waals surface area (Å²) >= 11 is 2.00. The SMILES string of the molecule is Cc1nn(-c2ccccc2)c(N2CCSC(C)C2)c1CO. The van der Waals surface area contributed by atoms with E-state index in [0.29, 0.717) is 5.25 Å². The van der Waals surface area contributed by atoms with Crippen molar-refractivity contribution >= 4 is 17.6 Å². The molecule has 1 atom stereocenters. The first-order valence-electron chi connectivity index (χ1n) is 7.32. The summed E-state index contributed by atoms with van der Waals surface area (Å²) in [4.78, 5) is 2.36. The van der Waals surface area contributed by atoms with E-state index in [9.17, 15) is 5.11 Å². The minimum atomic E-state index is 0.0338. The predicted molar refractivity (Wildman–Crippen MR) is 88.4 cm³/mol. The normalized spacial score (nSPS) is 19.0. The molecule has 112 valence electrons. The van der Waals surface area contributed by atoms with Crippen LogP contribution < -0.4 is 4.90 Å². The first-order chi connectivity index (χ1) is 10.2. The molecule has 0 bridgehead atoms. The number of thioether (sulfide) groups is 1. The van der Waals surface area contributed by atoms with Crippen LogP contribution in [0, 0.1) is 6.92 Å². The van der Waals surface area contributed by atoms with Crippen LogP contribution in [0.5, 0.6) is 0 Å². The first kappa shape index (κ1) is 14.5. The summed E-state index contributed by atoms with van der Waals surface area (Å²) in [7, 11) is 0. The first-order valence-corrected chi connectivity index (χ1v) is 8.37. The molecule has 1 saturated heterocycles. The molecule has 0 spiro atoms. The highest BCUT2D eigenvalue weighted by molar-refractivity contribution is 8.00. The molecule has 1 aromatic carbocycles. The van der Waals surface area contributed by atoms with Gasteiger partial charge in [-0.2, -0.15) is 16.9 Å². The van der Waals surface area contributed by atoms with Crippen LogP contribution in [0.25, 0.3) is 5.69 Å². The predicted octanol–water partition coefficient (Wildman–Crippen LogP) is 2.61. The number of aliphatic hydroxyl groups is 1. The van der Waals surface area contributed by atoms with Gasteiger partial charge >= 0.3 is 0 Å². The molecule has 3 rings (SSSR count). The lowest BCUT2D eigenvalue weighted by molar-refractivity contribution is 0.281. The van der Waals surface area contributed by atoms with E-state index in [2.05, 4.69) is 29.1 Å².